The van der Waals surface area contributed by atoms with Gasteiger partial charge in [-0.05, 0) is 30.5 Å². The topological polar surface area (TPSA) is 58.8 Å². The Morgan fingerprint density at radius 1 is 1.14 bits per heavy atom. The number of aromatic nitrogens is 2. The van der Waals surface area contributed by atoms with Crippen LogP contribution in [0.5, 0.6) is 11.6 Å². The molecule has 2 aromatic rings. The van der Waals surface area contributed by atoms with Crippen LogP contribution in [-0.4, -0.2) is 10.2 Å². The molecule has 6 heteroatoms. The maximum atomic E-state index is 9.38. The van der Waals surface area contributed by atoms with Gasteiger partial charge in [-0.3, -0.25) is 0 Å². The fraction of sp³-hybridized carbons (Fsp3) is 0.267. The lowest BCUT2D eigenvalue weighted by molar-refractivity contribution is 0.451. The highest BCUT2D eigenvalue weighted by atomic mass is 35.5. The van der Waals surface area contributed by atoms with E-state index in [-0.39, 0.29) is 5.88 Å². The first-order valence-electron chi connectivity index (χ1n) is 6.52. The summed E-state index contributed by atoms with van der Waals surface area (Å²) >= 11 is 11.8. The molecule has 2 rings (SSSR count). The summed E-state index contributed by atoms with van der Waals surface area (Å²) in [5.41, 5.74) is 2.09. The fourth-order valence-electron chi connectivity index (χ4n) is 1.99. The second-order valence-corrected chi connectivity index (χ2v) is 5.12. The van der Waals surface area contributed by atoms with Gasteiger partial charge in [0.2, 0.25) is 0 Å². The summed E-state index contributed by atoms with van der Waals surface area (Å²) in [4.78, 5) is 0. The van der Waals surface area contributed by atoms with Crippen LogP contribution in [0.4, 0.5) is 0 Å². The molecule has 0 saturated heterocycles. The molecule has 4 nitrogen and oxygen atoms in total. The number of nitrogens with zero attached hydrogens (tertiary/aromatic N) is 3. The smallest absolute Gasteiger partial charge is 0.257 e. The number of rotatable bonds is 4. The Kier molecular flexibility index (Phi) is 5.00. The molecule has 0 radical (unpaired) electrons. The number of ether oxygens (including phenoxy) is 1. The first kappa shape index (κ1) is 15.6. The van der Waals surface area contributed by atoms with E-state index in [9.17, 15) is 5.26 Å². The summed E-state index contributed by atoms with van der Waals surface area (Å²) in [5.74, 6) is 0.645. The molecule has 1 aromatic heterocycles. The highest BCUT2D eigenvalue weighted by Crippen LogP contribution is 2.31. The third-order valence-corrected chi connectivity index (χ3v) is 3.77. The Hall–Kier alpha value is -1.83. The number of hydrogen-bond acceptors (Lipinski definition) is 4. The van der Waals surface area contributed by atoms with Gasteiger partial charge in [0.25, 0.3) is 5.88 Å². The average molecular weight is 322 g/mol. The van der Waals surface area contributed by atoms with Crippen molar-refractivity contribution in [2.75, 3.05) is 0 Å². The van der Waals surface area contributed by atoms with Crippen LogP contribution in [-0.2, 0) is 12.8 Å². The Bertz CT molecular complexity index is 711. The molecule has 1 heterocycles. The molecule has 108 valence electrons. The van der Waals surface area contributed by atoms with Crippen molar-refractivity contribution in [3.05, 3.63) is 45.1 Å². The van der Waals surface area contributed by atoms with Crippen molar-refractivity contribution in [2.24, 2.45) is 0 Å². The largest absolute Gasteiger partial charge is 0.436 e. The number of aryl methyl sites for hydroxylation is 1. The first-order chi connectivity index (χ1) is 10.1. The van der Waals surface area contributed by atoms with Crippen LogP contribution in [0, 0.1) is 11.3 Å². The standard InChI is InChI=1S/C15H13Cl2N3O/c1-3-10-11(8-18)15(20-19-14(10)4-2)21-9-5-6-12(16)13(17)7-9/h5-7H,3-4H2,1-2H3. The number of halogens is 2. The molecule has 0 N–H and O–H groups in total. The maximum Gasteiger partial charge on any atom is 0.257 e. The minimum atomic E-state index is 0.185. The summed E-state index contributed by atoms with van der Waals surface area (Å²) in [7, 11) is 0. The molecule has 0 aliphatic heterocycles. The second kappa shape index (κ2) is 6.75. The van der Waals surface area contributed by atoms with Crippen molar-refractivity contribution < 1.29 is 4.74 Å². The van der Waals surface area contributed by atoms with Crippen LogP contribution in [0.15, 0.2) is 18.2 Å². The summed E-state index contributed by atoms with van der Waals surface area (Å²) in [6, 6.07) is 7.01. The zero-order valence-corrected chi connectivity index (χ0v) is 13.2. The van der Waals surface area contributed by atoms with Crippen molar-refractivity contribution >= 4 is 23.2 Å². The first-order valence-corrected chi connectivity index (χ1v) is 7.27. The molecular weight excluding hydrogens is 309 g/mol. The van der Waals surface area contributed by atoms with Crippen molar-refractivity contribution in [3.8, 4) is 17.7 Å². The van der Waals surface area contributed by atoms with E-state index >= 15 is 0 Å². The van der Waals surface area contributed by atoms with E-state index < -0.39 is 0 Å². The molecule has 0 aliphatic rings. The van der Waals surface area contributed by atoms with E-state index in [4.69, 9.17) is 27.9 Å². The maximum absolute atomic E-state index is 9.38. The van der Waals surface area contributed by atoms with Crippen LogP contribution < -0.4 is 4.74 Å². The SMILES string of the molecule is CCc1nnc(Oc2ccc(Cl)c(Cl)c2)c(C#N)c1CC. The van der Waals surface area contributed by atoms with Gasteiger partial charge in [0.15, 0.2) is 0 Å². The van der Waals surface area contributed by atoms with E-state index in [1.807, 2.05) is 13.8 Å². The van der Waals surface area contributed by atoms with E-state index in [1.54, 1.807) is 18.2 Å². The minimum Gasteiger partial charge on any atom is -0.436 e. The highest BCUT2D eigenvalue weighted by molar-refractivity contribution is 6.42. The molecule has 0 fully saturated rings. The zero-order chi connectivity index (χ0) is 15.4. The van der Waals surface area contributed by atoms with Crippen LogP contribution in [0.1, 0.15) is 30.7 Å². The summed E-state index contributed by atoms with van der Waals surface area (Å²) < 4.78 is 5.64. The average Bonchev–Trinajstić information content (AvgIpc) is 2.50. The van der Waals surface area contributed by atoms with Crippen LogP contribution in [0.3, 0.4) is 0 Å². The third kappa shape index (κ3) is 3.26. The molecular formula is C15H13Cl2N3O. The molecule has 0 saturated carbocycles. The van der Waals surface area contributed by atoms with Gasteiger partial charge >= 0.3 is 0 Å². The van der Waals surface area contributed by atoms with Crippen LogP contribution in [0.25, 0.3) is 0 Å². The lowest BCUT2D eigenvalue weighted by atomic mass is 10.0. The molecule has 0 spiro atoms. The van der Waals surface area contributed by atoms with Gasteiger partial charge < -0.3 is 4.74 Å². The van der Waals surface area contributed by atoms with Gasteiger partial charge in [0.1, 0.15) is 17.4 Å². The Morgan fingerprint density at radius 2 is 1.90 bits per heavy atom. The lowest BCUT2D eigenvalue weighted by Crippen LogP contribution is -2.05. The number of nitriles is 1. The van der Waals surface area contributed by atoms with Crippen molar-refractivity contribution in [3.63, 3.8) is 0 Å². The quantitative estimate of drug-likeness (QED) is 0.827. The van der Waals surface area contributed by atoms with E-state index in [0.717, 1.165) is 17.7 Å². The Balaban J connectivity index is 2.44. The van der Waals surface area contributed by atoms with Gasteiger partial charge in [-0.15, -0.1) is 5.10 Å². The predicted molar refractivity (Wildman–Crippen MR) is 82.0 cm³/mol. The predicted octanol–water partition coefficient (Wildman–Crippen LogP) is 4.57. The molecule has 21 heavy (non-hydrogen) atoms. The summed E-state index contributed by atoms with van der Waals surface area (Å²) in [6.07, 6.45) is 1.41. The van der Waals surface area contributed by atoms with Crippen LogP contribution >= 0.6 is 23.2 Å². The van der Waals surface area contributed by atoms with Gasteiger partial charge in [-0.25, -0.2) is 0 Å². The summed E-state index contributed by atoms with van der Waals surface area (Å²) in [5, 5.41) is 18.3. The van der Waals surface area contributed by atoms with Gasteiger partial charge in [-0.1, -0.05) is 37.0 Å². The van der Waals surface area contributed by atoms with E-state index in [2.05, 4.69) is 16.3 Å². The van der Waals surface area contributed by atoms with Gasteiger partial charge in [0, 0.05) is 6.07 Å². The van der Waals surface area contributed by atoms with Crippen LogP contribution in [0.2, 0.25) is 10.0 Å². The molecule has 0 bridgehead atoms. The third-order valence-electron chi connectivity index (χ3n) is 3.03. The lowest BCUT2D eigenvalue weighted by Gasteiger charge is -2.11. The monoisotopic (exact) mass is 321 g/mol. The van der Waals surface area contributed by atoms with Crippen molar-refractivity contribution in [1.82, 2.24) is 10.2 Å². The van der Waals surface area contributed by atoms with E-state index in [1.165, 1.54) is 0 Å². The second-order valence-electron chi connectivity index (χ2n) is 4.30. The van der Waals surface area contributed by atoms with Gasteiger partial charge in [-0.2, -0.15) is 10.4 Å². The number of hydrogen-bond donors (Lipinski definition) is 0. The molecule has 0 unspecified atom stereocenters. The molecule has 0 amide bonds. The Labute approximate surface area is 133 Å². The number of benzene rings is 1. The molecule has 1 aromatic carbocycles. The highest BCUT2D eigenvalue weighted by Gasteiger charge is 2.16. The summed E-state index contributed by atoms with van der Waals surface area (Å²) in [6.45, 7) is 3.95. The van der Waals surface area contributed by atoms with E-state index in [0.29, 0.717) is 27.8 Å². The van der Waals surface area contributed by atoms with Crippen molar-refractivity contribution in [1.29, 1.82) is 5.26 Å². The van der Waals surface area contributed by atoms with Gasteiger partial charge in [0.05, 0.1) is 15.7 Å². The van der Waals surface area contributed by atoms with Crippen molar-refractivity contribution in [2.45, 2.75) is 26.7 Å². The minimum absolute atomic E-state index is 0.185. The fourth-order valence-corrected chi connectivity index (χ4v) is 2.28. The molecule has 0 aliphatic carbocycles. The normalized spacial score (nSPS) is 10.2. The Morgan fingerprint density at radius 3 is 2.48 bits per heavy atom. The molecule has 0 atom stereocenters. The zero-order valence-electron chi connectivity index (χ0n) is 11.7.